The third-order valence-electron chi connectivity index (χ3n) is 2.39. The van der Waals surface area contributed by atoms with Gasteiger partial charge in [0, 0.05) is 12.1 Å². The van der Waals surface area contributed by atoms with Crippen molar-refractivity contribution in [3.63, 3.8) is 0 Å². The zero-order valence-electron chi connectivity index (χ0n) is 10.6. The van der Waals surface area contributed by atoms with E-state index in [0.29, 0.717) is 18.5 Å². The summed E-state index contributed by atoms with van der Waals surface area (Å²) in [5.41, 5.74) is 0.310. The average molecular weight is 241 g/mol. The Hall–Kier alpha value is -1.65. The van der Waals surface area contributed by atoms with Crippen LogP contribution in [-0.4, -0.2) is 42.3 Å². The highest BCUT2D eigenvalue weighted by Crippen LogP contribution is 2.06. The molecule has 0 bridgehead atoms. The van der Waals surface area contributed by atoms with E-state index in [4.69, 9.17) is 4.74 Å². The number of amides is 1. The summed E-state index contributed by atoms with van der Waals surface area (Å²) >= 11 is 0. The van der Waals surface area contributed by atoms with Gasteiger partial charge in [0.15, 0.2) is 0 Å². The summed E-state index contributed by atoms with van der Waals surface area (Å²) in [5.74, 6) is -1.08. The van der Waals surface area contributed by atoms with Crippen LogP contribution in [0, 0.1) is 0 Å². The van der Waals surface area contributed by atoms with Crippen molar-refractivity contribution >= 4 is 18.2 Å². The summed E-state index contributed by atoms with van der Waals surface area (Å²) in [4.78, 5) is 34.4. The lowest BCUT2D eigenvalue weighted by molar-refractivity contribution is -0.146. The molecule has 0 aromatic carbocycles. The molecule has 1 amide bonds. The molecule has 5 nitrogen and oxygen atoms in total. The number of carbonyl (C=O) groups is 3. The number of hydrogen-bond acceptors (Lipinski definition) is 4. The molecule has 17 heavy (non-hydrogen) atoms. The van der Waals surface area contributed by atoms with Gasteiger partial charge in [-0.05, 0) is 20.3 Å². The third-order valence-corrected chi connectivity index (χ3v) is 2.39. The number of ether oxygens (including phenoxy) is 1. The molecule has 0 saturated carbocycles. The first-order valence-corrected chi connectivity index (χ1v) is 5.56. The van der Waals surface area contributed by atoms with E-state index in [1.165, 1.54) is 4.90 Å². The maximum Gasteiger partial charge on any atom is 0.333 e. The molecule has 0 N–H and O–H groups in total. The highest BCUT2D eigenvalue weighted by atomic mass is 16.5. The smallest absolute Gasteiger partial charge is 0.333 e. The SMILES string of the molecule is C=C(C)C(=O)OCC(CC)N(CC)C(=O)C=O. The molecule has 0 aliphatic heterocycles. The van der Waals surface area contributed by atoms with Crippen LogP contribution < -0.4 is 0 Å². The minimum Gasteiger partial charge on any atom is -0.460 e. The van der Waals surface area contributed by atoms with Crippen LogP contribution in [0.15, 0.2) is 12.2 Å². The number of esters is 1. The van der Waals surface area contributed by atoms with E-state index in [2.05, 4.69) is 6.58 Å². The second kappa shape index (κ2) is 7.60. The van der Waals surface area contributed by atoms with Gasteiger partial charge in [0.25, 0.3) is 5.91 Å². The lowest BCUT2D eigenvalue weighted by atomic mass is 10.2. The van der Waals surface area contributed by atoms with Gasteiger partial charge in [-0.1, -0.05) is 13.5 Å². The summed E-state index contributed by atoms with van der Waals surface area (Å²) < 4.78 is 4.99. The van der Waals surface area contributed by atoms with Crippen LogP contribution in [0.5, 0.6) is 0 Å². The van der Waals surface area contributed by atoms with Gasteiger partial charge in [-0.25, -0.2) is 4.79 Å². The van der Waals surface area contributed by atoms with E-state index in [1.54, 1.807) is 13.8 Å². The van der Waals surface area contributed by atoms with E-state index < -0.39 is 11.9 Å². The van der Waals surface area contributed by atoms with Crippen LogP contribution in [0.2, 0.25) is 0 Å². The van der Waals surface area contributed by atoms with Crippen LogP contribution in [0.4, 0.5) is 0 Å². The topological polar surface area (TPSA) is 63.7 Å². The van der Waals surface area contributed by atoms with Crippen molar-refractivity contribution in [1.82, 2.24) is 4.90 Å². The van der Waals surface area contributed by atoms with Gasteiger partial charge in [0.05, 0.1) is 6.04 Å². The molecule has 5 heteroatoms. The van der Waals surface area contributed by atoms with E-state index in [0.717, 1.165) is 0 Å². The molecular formula is C12H19NO4. The van der Waals surface area contributed by atoms with E-state index >= 15 is 0 Å². The normalized spacial score (nSPS) is 11.5. The maximum absolute atomic E-state index is 11.3. The Labute approximate surface area is 101 Å². The second-order valence-electron chi connectivity index (χ2n) is 3.68. The Bertz CT molecular complexity index is 312. The van der Waals surface area contributed by atoms with Crippen LogP contribution in [-0.2, 0) is 19.1 Å². The zero-order chi connectivity index (χ0) is 13.4. The minimum absolute atomic E-state index is 0.0790. The van der Waals surface area contributed by atoms with Crippen LogP contribution in [0.3, 0.4) is 0 Å². The highest BCUT2D eigenvalue weighted by molar-refractivity contribution is 6.23. The molecule has 0 aromatic rings. The Kier molecular flexibility index (Phi) is 6.86. The van der Waals surface area contributed by atoms with Crippen LogP contribution in [0.25, 0.3) is 0 Å². The molecule has 0 aliphatic rings. The molecule has 0 aliphatic carbocycles. The molecule has 1 atom stereocenters. The number of hydrogen-bond donors (Lipinski definition) is 0. The Morgan fingerprint density at radius 2 is 2.00 bits per heavy atom. The first-order chi connectivity index (χ1) is 7.97. The fourth-order valence-corrected chi connectivity index (χ4v) is 1.38. The molecule has 0 fully saturated rings. The van der Waals surface area contributed by atoms with Crippen molar-refractivity contribution in [2.75, 3.05) is 13.2 Å². The van der Waals surface area contributed by atoms with Crippen molar-refractivity contribution in [3.8, 4) is 0 Å². The van der Waals surface area contributed by atoms with Gasteiger partial charge in [0.2, 0.25) is 6.29 Å². The predicted molar refractivity (Wildman–Crippen MR) is 63.3 cm³/mol. The van der Waals surface area contributed by atoms with Crippen molar-refractivity contribution in [1.29, 1.82) is 0 Å². The standard InChI is InChI=1S/C12H19NO4/c1-5-10(8-17-12(16)9(3)4)13(6-2)11(15)7-14/h7,10H,3,5-6,8H2,1-2,4H3. The van der Waals surface area contributed by atoms with E-state index in [1.807, 2.05) is 6.92 Å². The first kappa shape index (κ1) is 15.3. The van der Waals surface area contributed by atoms with E-state index in [9.17, 15) is 14.4 Å². The Morgan fingerprint density at radius 1 is 1.41 bits per heavy atom. The molecule has 0 rings (SSSR count). The number of carbonyl (C=O) groups excluding carboxylic acids is 3. The zero-order valence-corrected chi connectivity index (χ0v) is 10.6. The maximum atomic E-state index is 11.3. The number of rotatable bonds is 7. The van der Waals surface area contributed by atoms with Crippen LogP contribution >= 0.6 is 0 Å². The third kappa shape index (κ3) is 4.80. The number of likely N-dealkylation sites (N-methyl/N-ethyl adjacent to an activating group) is 1. The van der Waals surface area contributed by atoms with Crippen molar-refractivity contribution in [2.45, 2.75) is 33.2 Å². The summed E-state index contributed by atoms with van der Waals surface area (Å²) in [7, 11) is 0. The van der Waals surface area contributed by atoms with Gasteiger partial charge in [-0.2, -0.15) is 0 Å². The Balaban J connectivity index is 4.49. The molecule has 0 heterocycles. The highest BCUT2D eigenvalue weighted by Gasteiger charge is 2.21. The average Bonchev–Trinajstić information content (AvgIpc) is 2.32. The summed E-state index contributed by atoms with van der Waals surface area (Å²) in [6, 6.07) is -0.277. The quantitative estimate of drug-likeness (QED) is 0.288. The predicted octanol–water partition coefficient (Wildman–Crippen LogP) is 0.932. The van der Waals surface area contributed by atoms with Crippen molar-refractivity contribution < 1.29 is 19.1 Å². The summed E-state index contributed by atoms with van der Waals surface area (Å²) in [5, 5.41) is 0. The fourth-order valence-electron chi connectivity index (χ4n) is 1.38. The minimum atomic E-state index is -0.592. The van der Waals surface area contributed by atoms with Gasteiger partial charge in [0.1, 0.15) is 6.61 Å². The second-order valence-corrected chi connectivity index (χ2v) is 3.68. The monoisotopic (exact) mass is 241 g/mol. The fraction of sp³-hybridized carbons (Fsp3) is 0.583. The lowest BCUT2D eigenvalue weighted by Crippen LogP contribution is -2.43. The largest absolute Gasteiger partial charge is 0.460 e. The van der Waals surface area contributed by atoms with Crippen molar-refractivity contribution in [2.24, 2.45) is 0 Å². The molecule has 0 radical (unpaired) electrons. The Morgan fingerprint density at radius 3 is 2.35 bits per heavy atom. The van der Waals surface area contributed by atoms with Crippen molar-refractivity contribution in [3.05, 3.63) is 12.2 Å². The molecule has 0 spiro atoms. The molecule has 0 saturated heterocycles. The summed E-state index contributed by atoms with van der Waals surface area (Å²) in [6.07, 6.45) is 0.879. The molecule has 1 unspecified atom stereocenters. The first-order valence-electron chi connectivity index (χ1n) is 5.56. The van der Waals surface area contributed by atoms with Crippen LogP contribution in [0.1, 0.15) is 27.2 Å². The molecule has 0 aromatic heterocycles. The molecule has 96 valence electrons. The van der Waals surface area contributed by atoms with Gasteiger partial charge in [-0.3, -0.25) is 9.59 Å². The lowest BCUT2D eigenvalue weighted by Gasteiger charge is -2.27. The van der Waals surface area contributed by atoms with Gasteiger partial charge in [-0.15, -0.1) is 0 Å². The van der Waals surface area contributed by atoms with Gasteiger partial charge < -0.3 is 9.64 Å². The number of aldehydes is 1. The molecular weight excluding hydrogens is 222 g/mol. The number of nitrogens with zero attached hydrogens (tertiary/aromatic N) is 1. The van der Waals surface area contributed by atoms with Gasteiger partial charge >= 0.3 is 5.97 Å². The van der Waals surface area contributed by atoms with E-state index in [-0.39, 0.29) is 18.9 Å². The summed E-state index contributed by atoms with van der Waals surface area (Å²) in [6.45, 7) is 9.13.